The maximum Gasteiger partial charge on any atom is 0.317 e. The predicted molar refractivity (Wildman–Crippen MR) is 106 cm³/mol. The van der Waals surface area contributed by atoms with Crippen LogP contribution in [-0.2, 0) is 13.0 Å². The zero-order chi connectivity index (χ0) is 18.5. The van der Waals surface area contributed by atoms with Crippen LogP contribution in [0.3, 0.4) is 0 Å². The standard InChI is InChI=1S/C19H20Cl2N4O/c1-25(12-13-8-9-14(20)11-15(13)21)19(26)22-10-4-7-18-23-16-5-2-3-6-17(16)24-18/h2-3,5-6,8-9,11H,4,7,10,12H2,1H3,(H,22,26)(H,23,24). The molecule has 1 aromatic heterocycles. The van der Waals surface area contributed by atoms with Crippen LogP contribution in [0.5, 0.6) is 0 Å². The number of para-hydroxylation sites is 2. The van der Waals surface area contributed by atoms with Crippen LogP contribution >= 0.6 is 23.2 Å². The molecule has 3 aromatic rings. The predicted octanol–water partition coefficient (Wildman–Crippen LogP) is 4.64. The number of amides is 2. The summed E-state index contributed by atoms with van der Waals surface area (Å²) in [6, 6.07) is 13.1. The zero-order valence-corrected chi connectivity index (χ0v) is 15.9. The molecular formula is C19H20Cl2N4O. The molecule has 0 spiro atoms. The van der Waals surface area contributed by atoms with Gasteiger partial charge >= 0.3 is 6.03 Å². The van der Waals surface area contributed by atoms with Gasteiger partial charge in [-0.05, 0) is 36.2 Å². The third-order valence-electron chi connectivity index (χ3n) is 4.07. The SMILES string of the molecule is CN(Cc1ccc(Cl)cc1Cl)C(=O)NCCCc1nc2ccccc2[nH]1. The number of nitrogens with zero attached hydrogens (tertiary/aromatic N) is 2. The molecule has 2 N–H and O–H groups in total. The summed E-state index contributed by atoms with van der Waals surface area (Å²) in [7, 11) is 1.74. The number of nitrogens with one attached hydrogen (secondary N) is 2. The molecular weight excluding hydrogens is 371 g/mol. The minimum atomic E-state index is -0.138. The van der Waals surface area contributed by atoms with Crippen molar-refractivity contribution in [2.75, 3.05) is 13.6 Å². The van der Waals surface area contributed by atoms with Gasteiger partial charge < -0.3 is 15.2 Å². The highest BCUT2D eigenvalue weighted by molar-refractivity contribution is 6.35. The molecule has 0 atom stereocenters. The van der Waals surface area contributed by atoms with Gasteiger partial charge in [-0.2, -0.15) is 0 Å². The molecule has 3 rings (SSSR count). The lowest BCUT2D eigenvalue weighted by Crippen LogP contribution is -2.37. The maximum atomic E-state index is 12.2. The fourth-order valence-electron chi connectivity index (χ4n) is 2.69. The molecule has 1 heterocycles. The molecule has 0 aliphatic carbocycles. The monoisotopic (exact) mass is 390 g/mol. The number of hydrogen-bond donors (Lipinski definition) is 2. The summed E-state index contributed by atoms with van der Waals surface area (Å²) in [5.74, 6) is 0.932. The number of aryl methyl sites for hydroxylation is 1. The van der Waals surface area contributed by atoms with Crippen LogP contribution < -0.4 is 5.32 Å². The number of hydrogen-bond acceptors (Lipinski definition) is 2. The van der Waals surface area contributed by atoms with E-state index in [0.717, 1.165) is 35.3 Å². The molecule has 0 fully saturated rings. The van der Waals surface area contributed by atoms with Crippen LogP contribution in [0.2, 0.25) is 10.0 Å². The molecule has 0 unspecified atom stereocenters. The Morgan fingerprint density at radius 3 is 2.81 bits per heavy atom. The molecule has 26 heavy (non-hydrogen) atoms. The van der Waals surface area contributed by atoms with E-state index in [4.69, 9.17) is 23.2 Å². The Bertz CT molecular complexity index is 876. The van der Waals surface area contributed by atoms with E-state index in [1.165, 1.54) is 0 Å². The van der Waals surface area contributed by atoms with Crippen molar-refractivity contribution in [3.05, 3.63) is 63.9 Å². The van der Waals surface area contributed by atoms with Gasteiger partial charge in [0.25, 0.3) is 0 Å². The average Bonchev–Trinajstić information content (AvgIpc) is 3.03. The molecule has 2 aromatic carbocycles. The topological polar surface area (TPSA) is 61.0 Å². The lowest BCUT2D eigenvalue weighted by Gasteiger charge is -2.18. The van der Waals surface area contributed by atoms with Gasteiger partial charge in [-0.15, -0.1) is 0 Å². The first-order chi connectivity index (χ1) is 12.5. The fraction of sp³-hybridized carbons (Fsp3) is 0.263. The Labute approximate surface area is 162 Å². The van der Waals surface area contributed by atoms with Gasteiger partial charge in [-0.25, -0.2) is 9.78 Å². The van der Waals surface area contributed by atoms with Gasteiger partial charge in [0.1, 0.15) is 5.82 Å². The highest BCUT2D eigenvalue weighted by Gasteiger charge is 2.11. The van der Waals surface area contributed by atoms with Crippen molar-refractivity contribution in [2.24, 2.45) is 0 Å². The van der Waals surface area contributed by atoms with Crippen LogP contribution in [0.1, 0.15) is 17.8 Å². The van der Waals surface area contributed by atoms with Crippen molar-refractivity contribution in [1.82, 2.24) is 20.2 Å². The Hall–Kier alpha value is -2.24. The highest BCUT2D eigenvalue weighted by atomic mass is 35.5. The Morgan fingerprint density at radius 2 is 2.04 bits per heavy atom. The lowest BCUT2D eigenvalue weighted by atomic mass is 10.2. The van der Waals surface area contributed by atoms with Gasteiger partial charge in [0.15, 0.2) is 0 Å². The summed E-state index contributed by atoms with van der Waals surface area (Å²) in [5.41, 5.74) is 2.85. The van der Waals surface area contributed by atoms with Gasteiger partial charge in [-0.1, -0.05) is 41.4 Å². The second-order valence-corrected chi connectivity index (χ2v) is 6.97. The summed E-state index contributed by atoms with van der Waals surface area (Å²) in [4.78, 5) is 21.6. The van der Waals surface area contributed by atoms with Crippen LogP contribution in [0.4, 0.5) is 4.79 Å². The minimum absolute atomic E-state index is 0.138. The number of aromatic amines is 1. The molecule has 2 amide bonds. The quantitative estimate of drug-likeness (QED) is 0.602. The van der Waals surface area contributed by atoms with E-state index in [0.29, 0.717) is 23.1 Å². The van der Waals surface area contributed by atoms with Crippen LogP contribution in [-0.4, -0.2) is 34.5 Å². The van der Waals surface area contributed by atoms with E-state index < -0.39 is 0 Å². The molecule has 0 bridgehead atoms. The second kappa shape index (κ2) is 8.43. The van der Waals surface area contributed by atoms with E-state index in [9.17, 15) is 4.79 Å². The molecule has 7 heteroatoms. The third kappa shape index (κ3) is 4.68. The van der Waals surface area contributed by atoms with Crippen molar-refractivity contribution in [2.45, 2.75) is 19.4 Å². The minimum Gasteiger partial charge on any atom is -0.342 e. The molecule has 0 radical (unpaired) electrons. The number of aromatic nitrogens is 2. The number of rotatable bonds is 6. The Kier molecular flexibility index (Phi) is 6.01. The van der Waals surface area contributed by atoms with Crippen LogP contribution in [0.15, 0.2) is 42.5 Å². The number of urea groups is 1. The van der Waals surface area contributed by atoms with Gasteiger partial charge in [0.05, 0.1) is 11.0 Å². The maximum absolute atomic E-state index is 12.2. The molecule has 0 aliphatic rings. The van der Waals surface area contributed by atoms with Crippen molar-refractivity contribution in [1.29, 1.82) is 0 Å². The fourth-order valence-corrected chi connectivity index (χ4v) is 3.16. The van der Waals surface area contributed by atoms with Crippen LogP contribution in [0, 0.1) is 0 Å². The molecule has 0 saturated carbocycles. The van der Waals surface area contributed by atoms with Gasteiger partial charge in [0.2, 0.25) is 0 Å². The number of H-pyrrole nitrogens is 1. The van der Waals surface area contributed by atoms with E-state index in [2.05, 4.69) is 15.3 Å². The number of carbonyl (C=O) groups excluding carboxylic acids is 1. The first-order valence-electron chi connectivity index (χ1n) is 8.39. The zero-order valence-electron chi connectivity index (χ0n) is 14.4. The van der Waals surface area contributed by atoms with Crippen LogP contribution in [0.25, 0.3) is 11.0 Å². The van der Waals surface area contributed by atoms with E-state index in [-0.39, 0.29) is 6.03 Å². The molecule has 136 valence electrons. The number of carbonyl (C=O) groups is 1. The van der Waals surface area contributed by atoms with E-state index in [1.807, 2.05) is 30.3 Å². The summed E-state index contributed by atoms with van der Waals surface area (Å²) in [6.45, 7) is 1.000. The summed E-state index contributed by atoms with van der Waals surface area (Å²) in [6.07, 6.45) is 1.59. The number of imidazole rings is 1. The average molecular weight is 391 g/mol. The highest BCUT2D eigenvalue weighted by Crippen LogP contribution is 2.22. The lowest BCUT2D eigenvalue weighted by molar-refractivity contribution is 0.207. The number of halogens is 2. The molecule has 0 saturated heterocycles. The summed E-state index contributed by atoms with van der Waals surface area (Å²) >= 11 is 12.0. The largest absolute Gasteiger partial charge is 0.342 e. The van der Waals surface area contributed by atoms with Crippen molar-refractivity contribution >= 4 is 40.3 Å². The molecule has 5 nitrogen and oxygen atoms in total. The van der Waals surface area contributed by atoms with Crippen molar-refractivity contribution in [3.63, 3.8) is 0 Å². The smallest absolute Gasteiger partial charge is 0.317 e. The second-order valence-electron chi connectivity index (χ2n) is 6.13. The summed E-state index contributed by atoms with van der Waals surface area (Å²) in [5, 5.41) is 4.05. The Balaban J connectivity index is 1.44. The first-order valence-corrected chi connectivity index (χ1v) is 9.15. The first kappa shape index (κ1) is 18.5. The molecule has 0 aliphatic heterocycles. The van der Waals surface area contributed by atoms with Crippen molar-refractivity contribution < 1.29 is 4.79 Å². The van der Waals surface area contributed by atoms with Gasteiger partial charge in [-0.3, -0.25) is 0 Å². The number of fused-ring (bicyclic) bond motifs is 1. The van der Waals surface area contributed by atoms with E-state index in [1.54, 1.807) is 24.1 Å². The van der Waals surface area contributed by atoms with Crippen molar-refractivity contribution in [3.8, 4) is 0 Å². The van der Waals surface area contributed by atoms with E-state index >= 15 is 0 Å². The number of benzene rings is 2. The summed E-state index contributed by atoms with van der Waals surface area (Å²) < 4.78 is 0. The third-order valence-corrected chi connectivity index (χ3v) is 4.66. The normalized spacial score (nSPS) is 10.9. The van der Waals surface area contributed by atoms with Gasteiger partial charge in [0, 0.05) is 36.6 Å². The Morgan fingerprint density at radius 1 is 1.23 bits per heavy atom.